The molecule has 2 saturated heterocycles. The third kappa shape index (κ3) is 20.3. The second-order valence-electron chi connectivity index (χ2n) is 29.7. The maximum Gasteiger partial charge on any atom is 0.422 e. The van der Waals surface area contributed by atoms with Gasteiger partial charge in [0.25, 0.3) is 0 Å². The summed E-state index contributed by atoms with van der Waals surface area (Å²) < 4.78 is 120. The number of hydrogen-bond donors (Lipinski definition) is 3. The number of likely N-dealkylation sites (N-methyl/N-ethyl adjacent to an activating group) is 7. The fraction of sp³-hybridized carbons (Fsp3) is 0.605. The van der Waals surface area contributed by atoms with Gasteiger partial charge in [0.05, 0.1) is 31.2 Å². The number of carbonyl (C=O) groups is 12. The van der Waals surface area contributed by atoms with Crippen molar-refractivity contribution in [1.82, 2.24) is 60.0 Å². The van der Waals surface area contributed by atoms with Crippen molar-refractivity contribution in [1.29, 1.82) is 0 Å². The molecule has 4 fully saturated rings. The van der Waals surface area contributed by atoms with Gasteiger partial charge in [-0.05, 0) is 123 Å². The number of rotatable bonds is 13. The molecule has 3 aromatic rings. The highest BCUT2D eigenvalue weighted by atomic mass is 32.1. The molecule has 3 aliphatic heterocycles. The molecule has 4 heterocycles. The Hall–Kier alpha value is -9.08. The van der Waals surface area contributed by atoms with Crippen LogP contribution < -0.4 is 16.0 Å². The minimum Gasteiger partial charge on any atom is -0.377 e. The van der Waals surface area contributed by atoms with Crippen molar-refractivity contribution < 1.29 is 97.4 Å². The van der Waals surface area contributed by atoms with Gasteiger partial charge in [0.2, 0.25) is 70.9 Å². The standard InChI is InChI=1S/C76H100F8N12O13S/c1-12-44(3)63-71(106)90(7)43-61(99)91(8)54-24-15-14-18-33-95(70(54)105)58(37-45-25-28-48(29-26-45)75(79,80)81)69(104)89(6)42-59(97)85-53(30-27-46-35-51(77)62(52(78)36-46)76(82,83)84)67(102)96-41-49(109-13-2)38-56(96)66(101)87-74(31-20-32-74)73(108)94(11)64(47-21-16-17-22-47)72(107)93(10)57(68(103)88(4)5)40-60(98)92(9)55(65(100)86-63)39-50-23-19-34-110-50/h14-15,19,23,25-26,28-29,34-36,44,47,49,53-58,63-64H,12-13,16-18,20-22,24,27,30-33,37-43H2,1-11H3,(H,85,97)(H,86,100)(H,87,101)/b15-14-/t44-,49+,53+,54-,55-,56-,57-,58-,63-,64-/m0/s1. The van der Waals surface area contributed by atoms with Gasteiger partial charge in [-0.15, -0.1) is 11.3 Å². The highest BCUT2D eigenvalue weighted by molar-refractivity contribution is 7.09. The Labute approximate surface area is 638 Å². The quantitative estimate of drug-likeness (QED) is 0.131. The van der Waals surface area contributed by atoms with E-state index in [4.69, 9.17) is 4.74 Å². The molecule has 3 N–H and O–H groups in total. The van der Waals surface area contributed by atoms with Crippen LogP contribution in [-0.4, -0.2) is 264 Å². The van der Waals surface area contributed by atoms with Crippen LogP contribution in [0, 0.1) is 23.5 Å². The number of alkyl halides is 6. The van der Waals surface area contributed by atoms with Crippen LogP contribution in [0.3, 0.4) is 0 Å². The third-order valence-corrected chi connectivity index (χ3v) is 22.9. The minimum atomic E-state index is -5.46. The van der Waals surface area contributed by atoms with Crippen LogP contribution in [0.2, 0.25) is 0 Å². The molecule has 2 bridgehead atoms. The molecular formula is C76H100F8N12O13S. The molecule has 1 spiro atoms. The number of hydrogen-bond acceptors (Lipinski definition) is 14. The molecule has 2 saturated carbocycles. The number of amides is 12. The summed E-state index contributed by atoms with van der Waals surface area (Å²) >= 11 is 1.28. The Balaban J connectivity index is 1.23. The molecule has 2 aromatic carbocycles. The Bertz CT molecular complexity index is 3870. The molecule has 10 atom stereocenters. The Kier molecular flexibility index (Phi) is 29.0. The summed E-state index contributed by atoms with van der Waals surface area (Å²) in [5, 5.41) is 10.0. The van der Waals surface area contributed by atoms with E-state index in [0.717, 1.165) is 65.6 Å². The molecular weight excluding hydrogens is 1470 g/mol. The number of fused-ring (bicyclic) bond motifs is 3. The lowest BCUT2D eigenvalue weighted by Crippen LogP contribution is -2.68. The van der Waals surface area contributed by atoms with Gasteiger partial charge < -0.3 is 64.8 Å². The van der Waals surface area contributed by atoms with Gasteiger partial charge in [-0.25, -0.2) is 8.78 Å². The predicted molar refractivity (Wildman–Crippen MR) is 387 cm³/mol. The molecule has 604 valence electrons. The van der Waals surface area contributed by atoms with Crippen LogP contribution in [0.15, 0.2) is 66.1 Å². The normalized spacial score (nSPS) is 25.8. The number of thiophene rings is 1. The van der Waals surface area contributed by atoms with Gasteiger partial charge in [-0.2, -0.15) is 26.3 Å². The number of carbonyl (C=O) groups excluding carboxylic acids is 12. The molecule has 0 unspecified atom stereocenters. The van der Waals surface area contributed by atoms with Gasteiger partial charge in [-0.3, -0.25) is 57.5 Å². The van der Waals surface area contributed by atoms with E-state index < -0.39 is 222 Å². The van der Waals surface area contributed by atoms with E-state index >= 15 is 47.1 Å². The average Bonchev–Trinajstić information content (AvgIpc) is 1.58. The first kappa shape index (κ1) is 86.5. The van der Waals surface area contributed by atoms with E-state index in [1.165, 1.54) is 70.5 Å². The van der Waals surface area contributed by atoms with E-state index in [1.807, 2.05) is 0 Å². The average molecular weight is 1570 g/mol. The SMILES string of the molecule is CCO[C@@H]1C[C@H]2C(=O)NC3(CCC3)C(=O)N(C)[C@@H](C3CCCC3)C(=O)N(C)[C@H](C(=O)N(C)C)CC(=O)N(C)[C@@H](Cc3cccs3)C(=O)N[C@@H]([C@@H](C)CC)C(=O)N(C)CC(=O)N(C)[C@H]3C/C=C\CCN(C3=O)[C@@H](Cc3ccc(C(F)(F)F)cc3)C(=O)N(C)CC(=O)N[C@H](CCc3cc(F)c(C(F)(F)F)c(F)c3)C(=O)N2C1. The number of ether oxygens (including phenoxy) is 1. The summed E-state index contributed by atoms with van der Waals surface area (Å²) in [6.45, 7) is 2.88. The third-order valence-electron chi connectivity index (χ3n) is 22.0. The van der Waals surface area contributed by atoms with E-state index in [2.05, 4.69) is 16.0 Å². The van der Waals surface area contributed by atoms with Crippen LogP contribution in [0.5, 0.6) is 0 Å². The first-order chi connectivity index (χ1) is 51.7. The second kappa shape index (κ2) is 36.8. The Morgan fingerprint density at radius 1 is 0.682 bits per heavy atom. The maximum absolute atomic E-state index is 15.6. The predicted octanol–water partition coefficient (Wildman–Crippen LogP) is 6.00. The first-order valence-corrected chi connectivity index (χ1v) is 37.9. The number of nitrogens with one attached hydrogen (secondary N) is 3. The number of nitrogens with zero attached hydrogens (tertiary/aromatic N) is 9. The van der Waals surface area contributed by atoms with E-state index in [1.54, 1.807) is 50.4 Å². The van der Waals surface area contributed by atoms with Crippen molar-refractivity contribution in [3.05, 3.63) is 105 Å². The lowest BCUT2D eigenvalue weighted by atomic mass is 9.74. The zero-order valence-electron chi connectivity index (χ0n) is 63.8. The van der Waals surface area contributed by atoms with E-state index in [9.17, 15) is 45.5 Å². The first-order valence-electron chi connectivity index (χ1n) is 37.0. The largest absolute Gasteiger partial charge is 0.422 e. The second-order valence-corrected chi connectivity index (χ2v) is 30.7. The van der Waals surface area contributed by atoms with Crippen molar-refractivity contribution in [3.8, 4) is 0 Å². The van der Waals surface area contributed by atoms with Gasteiger partial charge in [0.15, 0.2) is 0 Å². The maximum atomic E-state index is 15.6. The van der Waals surface area contributed by atoms with Crippen molar-refractivity contribution >= 4 is 82.2 Å². The van der Waals surface area contributed by atoms with Gasteiger partial charge >= 0.3 is 12.4 Å². The highest BCUT2D eigenvalue weighted by Gasteiger charge is 2.54. The minimum absolute atomic E-state index is 0.0290. The highest BCUT2D eigenvalue weighted by Crippen LogP contribution is 2.40. The van der Waals surface area contributed by atoms with Crippen molar-refractivity contribution in [3.63, 3.8) is 0 Å². The molecule has 25 nitrogen and oxygen atoms in total. The molecule has 0 radical (unpaired) electrons. The zero-order chi connectivity index (χ0) is 81.2. The summed E-state index contributed by atoms with van der Waals surface area (Å²) in [7, 11) is 10.6. The number of halogens is 8. The molecule has 34 heteroatoms. The molecule has 8 rings (SSSR count). The smallest absolute Gasteiger partial charge is 0.377 e. The molecule has 110 heavy (non-hydrogen) atoms. The van der Waals surface area contributed by atoms with E-state index in [0.29, 0.717) is 55.5 Å². The van der Waals surface area contributed by atoms with Gasteiger partial charge in [0.1, 0.15) is 71.1 Å². The monoisotopic (exact) mass is 1570 g/mol. The van der Waals surface area contributed by atoms with Gasteiger partial charge in [-0.1, -0.05) is 63.5 Å². The van der Waals surface area contributed by atoms with Crippen LogP contribution >= 0.6 is 11.3 Å². The zero-order valence-corrected chi connectivity index (χ0v) is 64.6. The van der Waals surface area contributed by atoms with Crippen LogP contribution in [-0.2, 0) is 93.9 Å². The summed E-state index contributed by atoms with van der Waals surface area (Å²) in [6.07, 6.45) is -7.69. The van der Waals surface area contributed by atoms with Crippen LogP contribution in [0.4, 0.5) is 35.1 Å². The van der Waals surface area contributed by atoms with Crippen LogP contribution in [0.25, 0.3) is 0 Å². The lowest BCUT2D eigenvalue weighted by molar-refractivity contribution is -0.157. The van der Waals surface area contributed by atoms with E-state index in [-0.39, 0.29) is 63.8 Å². The molecule has 1 aromatic heterocycles. The number of benzene rings is 2. The fourth-order valence-corrected chi connectivity index (χ4v) is 15.9. The van der Waals surface area contributed by atoms with Crippen molar-refractivity contribution in [2.75, 3.05) is 89.2 Å². The molecule has 12 amide bonds. The van der Waals surface area contributed by atoms with Crippen LogP contribution in [0.1, 0.15) is 131 Å². The topological polar surface area (TPSA) is 279 Å². The Morgan fingerprint density at radius 2 is 1.33 bits per heavy atom. The van der Waals surface area contributed by atoms with Crippen molar-refractivity contribution in [2.45, 2.75) is 196 Å². The molecule has 5 aliphatic rings. The fourth-order valence-electron chi connectivity index (χ4n) is 15.2. The lowest BCUT2D eigenvalue weighted by Gasteiger charge is -2.46. The summed E-state index contributed by atoms with van der Waals surface area (Å²) in [4.78, 5) is 192. The molecule has 2 aliphatic carbocycles. The van der Waals surface area contributed by atoms with Gasteiger partial charge in [0, 0.05) is 100 Å². The number of aryl methyl sites for hydroxylation is 1. The Morgan fingerprint density at radius 3 is 1.90 bits per heavy atom. The summed E-state index contributed by atoms with van der Waals surface area (Å²) in [5.41, 5.74) is -5.26. The summed E-state index contributed by atoms with van der Waals surface area (Å²) in [5.74, 6) is -15.3. The summed E-state index contributed by atoms with van der Waals surface area (Å²) in [6, 6.07) is -4.01. The van der Waals surface area contributed by atoms with Crippen molar-refractivity contribution in [2.24, 2.45) is 11.8 Å².